The molecule has 3 aromatic rings. The van der Waals surface area contributed by atoms with Gasteiger partial charge in [0.2, 0.25) is 0 Å². The zero-order chi connectivity index (χ0) is 22.7. The average Bonchev–Trinajstić information content (AvgIpc) is 2.80. The number of hydrogen-bond acceptors (Lipinski definition) is 6. The van der Waals surface area contributed by atoms with Gasteiger partial charge in [-0.25, -0.2) is 4.98 Å². The van der Waals surface area contributed by atoms with Gasteiger partial charge in [0.25, 0.3) is 5.56 Å². The van der Waals surface area contributed by atoms with E-state index in [4.69, 9.17) is 15.0 Å². The molecule has 4 rings (SSSR count). The Morgan fingerprint density at radius 3 is 2.62 bits per heavy atom. The summed E-state index contributed by atoms with van der Waals surface area (Å²) in [6.07, 6.45) is 0. The molecule has 0 spiro atoms. The van der Waals surface area contributed by atoms with Crippen LogP contribution in [0.2, 0.25) is 0 Å². The van der Waals surface area contributed by atoms with Gasteiger partial charge in [-0.05, 0) is 50.6 Å². The summed E-state index contributed by atoms with van der Waals surface area (Å²) in [7, 11) is 0. The van der Waals surface area contributed by atoms with Crippen LogP contribution in [0.15, 0.2) is 47.3 Å². The largest absolute Gasteiger partial charge is 0.492 e. The summed E-state index contributed by atoms with van der Waals surface area (Å²) >= 11 is 0. The fourth-order valence-electron chi connectivity index (χ4n) is 4.32. The zero-order valence-corrected chi connectivity index (χ0v) is 18.9. The Labute approximate surface area is 188 Å². The minimum Gasteiger partial charge on any atom is -0.492 e. The van der Waals surface area contributed by atoms with Crippen LogP contribution >= 0.6 is 0 Å². The van der Waals surface area contributed by atoms with Crippen LogP contribution in [0, 0.1) is 18.3 Å². The fourth-order valence-corrected chi connectivity index (χ4v) is 4.32. The van der Waals surface area contributed by atoms with Crippen LogP contribution < -0.4 is 10.3 Å². The van der Waals surface area contributed by atoms with Gasteiger partial charge in [-0.2, -0.15) is 5.26 Å². The van der Waals surface area contributed by atoms with Gasteiger partial charge in [0.1, 0.15) is 11.6 Å². The molecule has 1 aliphatic rings. The van der Waals surface area contributed by atoms with Crippen molar-refractivity contribution in [3.8, 4) is 17.5 Å². The quantitative estimate of drug-likeness (QED) is 0.558. The van der Waals surface area contributed by atoms with Crippen LogP contribution in [0.4, 0.5) is 0 Å². The van der Waals surface area contributed by atoms with Crippen LogP contribution in [0.5, 0.6) is 5.75 Å². The Bertz CT molecular complexity index is 1210. The molecule has 0 aliphatic carbocycles. The van der Waals surface area contributed by atoms with E-state index in [0.717, 1.165) is 31.7 Å². The number of rotatable bonds is 6. The monoisotopic (exact) mass is 431 g/mol. The van der Waals surface area contributed by atoms with E-state index in [1.165, 1.54) is 0 Å². The van der Waals surface area contributed by atoms with E-state index in [0.29, 0.717) is 41.3 Å². The summed E-state index contributed by atoms with van der Waals surface area (Å²) in [6.45, 7) is 10.3. The molecule has 1 aliphatic heterocycles. The summed E-state index contributed by atoms with van der Waals surface area (Å²) in [5.74, 6) is 1.37. The average molecular weight is 432 g/mol. The Morgan fingerprint density at radius 1 is 1.16 bits per heavy atom. The number of aromatic nitrogens is 2. The van der Waals surface area contributed by atoms with Gasteiger partial charge in [0, 0.05) is 26.2 Å². The highest BCUT2D eigenvalue weighted by Crippen LogP contribution is 2.28. The van der Waals surface area contributed by atoms with Gasteiger partial charge in [-0.3, -0.25) is 19.2 Å². The second kappa shape index (κ2) is 9.51. The highest BCUT2D eigenvalue weighted by atomic mass is 16.5. The van der Waals surface area contributed by atoms with Crippen molar-refractivity contribution >= 4 is 10.9 Å². The number of hydrogen-bond donors (Lipinski definition) is 0. The number of fused-ring (bicyclic) bond motifs is 1. The molecule has 2 aromatic carbocycles. The second-order valence-electron chi connectivity index (χ2n) is 8.18. The minimum atomic E-state index is -0.0906. The van der Waals surface area contributed by atoms with Crippen molar-refractivity contribution in [2.75, 3.05) is 39.3 Å². The van der Waals surface area contributed by atoms with E-state index in [9.17, 15) is 4.79 Å². The molecular formula is C25H29N5O2. The molecule has 0 saturated carbocycles. The van der Waals surface area contributed by atoms with Crippen molar-refractivity contribution in [2.24, 2.45) is 0 Å². The first-order valence-electron chi connectivity index (χ1n) is 11.1. The smallest absolute Gasteiger partial charge is 0.266 e. The second-order valence-corrected chi connectivity index (χ2v) is 8.18. The Balaban J connectivity index is 1.85. The molecule has 1 aromatic heterocycles. The number of nitrogens with zero attached hydrogens (tertiary/aromatic N) is 5. The van der Waals surface area contributed by atoms with Crippen molar-refractivity contribution in [3.63, 3.8) is 0 Å². The normalized spacial score (nSPS) is 16.1. The van der Waals surface area contributed by atoms with Gasteiger partial charge in [-0.1, -0.05) is 18.2 Å². The van der Waals surface area contributed by atoms with Crippen LogP contribution in [0.25, 0.3) is 16.6 Å². The molecule has 166 valence electrons. The highest BCUT2D eigenvalue weighted by molar-refractivity contribution is 5.79. The van der Waals surface area contributed by atoms with E-state index in [1.54, 1.807) is 4.57 Å². The van der Waals surface area contributed by atoms with Gasteiger partial charge in [0.05, 0.1) is 41.9 Å². The van der Waals surface area contributed by atoms with Gasteiger partial charge < -0.3 is 4.74 Å². The molecule has 0 N–H and O–H groups in total. The Hall–Kier alpha value is -3.21. The zero-order valence-electron chi connectivity index (χ0n) is 18.9. The maximum absolute atomic E-state index is 13.7. The lowest BCUT2D eigenvalue weighted by molar-refractivity contribution is 0.106. The Kier molecular flexibility index (Phi) is 6.54. The first kappa shape index (κ1) is 22.0. The molecule has 2 heterocycles. The lowest BCUT2D eigenvalue weighted by Gasteiger charge is -2.37. The first-order chi connectivity index (χ1) is 15.5. The van der Waals surface area contributed by atoms with Gasteiger partial charge >= 0.3 is 0 Å². The van der Waals surface area contributed by atoms with Gasteiger partial charge in [0.15, 0.2) is 0 Å². The number of para-hydroxylation sites is 2. The van der Waals surface area contributed by atoms with E-state index < -0.39 is 0 Å². The molecule has 1 atom stereocenters. The number of benzene rings is 2. The molecule has 32 heavy (non-hydrogen) atoms. The van der Waals surface area contributed by atoms with Crippen molar-refractivity contribution in [3.05, 3.63) is 64.2 Å². The van der Waals surface area contributed by atoms with Crippen molar-refractivity contribution < 1.29 is 4.74 Å². The summed E-state index contributed by atoms with van der Waals surface area (Å²) < 4.78 is 7.58. The van der Waals surface area contributed by atoms with Crippen molar-refractivity contribution in [1.29, 1.82) is 5.26 Å². The Morgan fingerprint density at radius 2 is 1.91 bits per heavy atom. The standard InChI is InChI=1S/C25H29N5O2/c1-4-32-23-8-6-5-7-22(23)30-24(19(3)29-15-13-28(12-11-26)14-16-29)27-21-17-18(2)9-10-20(21)25(30)31/h5-10,17,19H,4,12-16H2,1-3H3. The summed E-state index contributed by atoms with van der Waals surface area (Å²) in [5, 5.41) is 9.59. The molecule has 7 nitrogen and oxygen atoms in total. The number of piperazine rings is 1. The van der Waals surface area contributed by atoms with Crippen LogP contribution in [-0.2, 0) is 0 Å². The maximum atomic E-state index is 13.7. The lowest BCUT2D eigenvalue weighted by Crippen LogP contribution is -2.48. The summed E-state index contributed by atoms with van der Waals surface area (Å²) in [5.41, 5.74) is 2.40. The molecule has 1 fully saturated rings. The van der Waals surface area contributed by atoms with Gasteiger partial charge in [-0.15, -0.1) is 0 Å². The number of nitriles is 1. The predicted octanol–water partition coefficient (Wildman–Crippen LogP) is 3.30. The molecule has 1 saturated heterocycles. The number of aryl methyl sites for hydroxylation is 1. The third-order valence-electron chi connectivity index (χ3n) is 6.08. The van der Waals surface area contributed by atoms with E-state index in [2.05, 4.69) is 22.8 Å². The predicted molar refractivity (Wildman–Crippen MR) is 125 cm³/mol. The fraction of sp³-hybridized carbons (Fsp3) is 0.400. The van der Waals surface area contributed by atoms with Crippen LogP contribution in [-0.4, -0.2) is 58.7 Å². The summed E-state index contributed by atoms with van der Waals surface area (Å²) in [4.78, 5) is 23.2. The van der Waals surface area contributed by atoms with E-state index in [-0.39, 0.29) is 11.6 Å². The third-order valence-corrected chi connectivity index (χ3v) is 6.08. The minimum absolute atomic E-state index is 0.0773. The van der Waals surface area contributed by atoms with E-state index in [1.807, 2.05) is 56.3 Å². The third kappa shape index (κ3) is 4.24. The lowest BCUT2D eigenvalue weighted by atomic mass is 10.1. The van der Waals surface area contributed by atoms with Crippen molar-refractivity contribution in [2.45, 2.75) is 26.8 Å². The maximum Gasteiger partial charge on any atom is 0.266 e. The summed E-state index contributed by atoms with van der Waals surface area (Å²) in [6, 6.07) is 15.6. The van der Waals surface area contributed by atoms with E-state index >= 15 is 0 Å². The molecule has 1 unspecified atom stereocenters. The number of ether oxygens (including phenoxy) is 1. The molecule has 0 radical (unpaired) electrons. The topological polar surface area (TPSA) is 74.4 Å². The molecule has 0 bridgehead atoms. The first-order valence-corrected chi connectivity index (χ1v) is 11.1. The van der Waals surface area contributed by atoms with Crippen LogP contribution in [0.3, 0.4) is 0 Å². The molecular weight excluding hydrogens is 402 g/mol. The SMILES string of the molecule is CCOc1ccccc1-n1c(C(C)N2CCN(CC#N)CC2)nc2cc(C)ccc2c1=O. The van der Waals surface area contributed by atoms with Crippen molar-refractivity contribution in [1.82, 2.24) is 19.4 Å². The van der Waals surface area contributed by atoms with Crippen LogP contribution in [0.1, 0.15) is 31.3 Å². The molecule has 0 amide bonds. The molecule has 7 heteroatoms. The highest BCUT2D eigenvalue weighted by Gasteiger charge is 2.27.